The Morgan fingerprint density at radius 1 is 1.16 bits per heavy atom. The molecule has 0 saturated carbocycles. The maximum Gasteiger partial charge on any atom is 0.243 e. The van der Waals surface area contributed by atoms with Gasteiger partial charge in [0.1, 0.15) is 0 Å². The van der Waals surface area contributed by atoms with E-state index >= 15 is 0 Å². The zero-order valence-electron chi connectivity index (χ0n) is 14.0. The first-order valence-electron chi connectivity index (χ1n) is 8.45. The molecule has 0 bridgehead atoms. The number of piperidine rings is 1. The average Bonchev–Trinajstić information content (AvgIpc) is 3.12. The number of sulfonamides is 1. The molecule has 0 spiro atoms. The van der Waals surface area contributed by atoms with Crippen molar-refractivity contribution >= 4 is 15.8 Å². The Hall–Kier alpha value is -2.25. The van der Waals surface area contributed by atoms with Crippen molar-refractivity contribution in [3.8, 4) is 0 Å². The maximum absolute atomic E-state index is 13.1. The van der Waals surface area contributed by atoms with Crippen molar-refractivity contribution in [2.75, 3.05) is 6.54 Å². The minimum absolute atomic E-state index is 0.251. The van der Waals surface area contributed by atoms with Gasteiger partial charge in [-0.1, -0.05) is 24.6 Å². The zero-order chi connectivity index (χ0) is 17.4. The summed E-state index contributed by atoms with van der Waals surface area (Å²) in [5.41, 5.74) is 1.77. The maximum atomic E-state index is 13.1. The van der Waals surface area contributed by atoms with E-state index in [4.69, 9.17) is 0 Å². The summed E-state index contributed by atoms with van der Waals surface area (Å²) in [5.74, 6) is 0.609. The Kier molecular flexibility index (Phi) is 4.05. The first kappa shape index (κ1) is 16.2. The quantitative estimate of drug-likeness (QED) is 0.724. The summed E-state index contributed by atoms with van der Waals surface area (Å²) in [7, 11) is -3.55. The summed E-state index contributed by atoms with van der Waals surface area (Å²) in [6.45, 7) is 2.50. The fraction of sp³-hybridized carbons (Fsp3) is 0.333. The van der Waals surface area contributed by atoms with E-state index < -0.39 is 10.0 Å². The van der Waals surface area contributed by atoms with Crippen LogP contribution in [0.1, 0.15) is 36.7 Å². The predicted octanol–water partition coefficient (Wildman–Crippen LogP) is 2.95. The van der Waals surface area contributed by atoms with Gasteiger partial charge in [0.2, 0.25) is 15.8 Å². The van der Waals surface area contributed by atoms with Crippen molar-refractivity contribution in [2.45, 2.75) is 37.1 Å². The molecule has 0 radical (unpaired) electrons. The molecule has 4 rings (SSSR count). The van der Waals surface area contributed by atoms with E-state index in [1.54, 1.807) is 34.8 Å². The summed E-state index contributed by atoms with van der Waals surface area (Å²) in [6, 6.07) is 10.4. The Balaban J connectivity index is 1.78. The lowest BCUT2D eigenvalue weighted by Gasteiger charge is -2.34. The van der Waals surface area contributed by atoms with Gasteiger partial charge in [0.05, 0.1) is 16.6 Å². The van der Waals surface area contributed by atoms with Crippen LogP contribution in [-0.4, -0.2) is 33.6 Å². The van der Waals surface area contributed by atoms with Gasteiger partial charge in [0, 0.05) is 24.6 Å². The van der Waals surface area contributed by atoms with Crippen molar-refractivity contribution < 1.29 is 8.42 Å². The van der Waals surface area contributed by atoms with Crippen molar-refractivity contribution in [3.05, 3.63) is 60.2 Å². The molecule has 1 aliphatic heterocycles. The third-order valence-corrected chi connectivity index (χ3v) is 6.65. The molecule has 1 atom stereocenters. The van der Waals surface area contributed by atoms with E-state index in [-0.39, 0.29) is 6.04 Å². The lowest BCUT2D eigenvalue weighted by molar-refractivity contribution is 0.251. The minimum atomic E-state index is -3.55. The van der Waals surface area contributed by atoms with Gasteiger partial charge in [0.15, 0.2) is 0 Å². The second-order valence-corrected chi connectivity index (χ2v) is 8.25. The third-order valence-electron chi connectivity index (χ3n) is 4.73. The molecule has 1 aliphatic rings. The van der Waals surface area contributed by atoms with E-state index in [9.17, 15) is 8.42 Å². The van der Waals surface area contributed by atoms with Crippen LogP contribution in [0.2, 0.25) is 0 Å². The average molecular weight is 356 g/mol. The largest absolute Gasteiger partial charge is 0.288 e. The topological polar surface area (TPSA) is 67.6 Å². The van der Waals surface area contributed by atoms with Crippen LogP contribution in [0, 0.1) is 6.92 Å². The summed E-state index contributed by atoms with van der Waals surface area (Å²) in [4.78, 5) is 9.22. The van der Waals surface area contributed by atoms with Crippen molar-refractivity contribution in [3.63, 3.8) is 0 Å². The zero-order valence-corrected chi connectivity index (χ0v) is 14.9. The molecule has 0 amide bonds. The van der Waals surface area contributed by atoms with E-state index in [0.717, 1.165) is 30.7 Å². The standard InChI is InChI=1S/C18H20N4O2S/c1-14-13-16(20-18-19-10-12-21(14)18)17-9-5-6-11-22(17)25(23,24)15-7-3-2-4-8-15/h2-4,7-8,10,12-13,17H,5-6,9,11H2,1H3/t17-/m1/s1. The Morgan fingerprint density at radius 2 is 1.96 bits per heavy atom. The number of fused-ring (bicyclic) bond motifs is 1. The van der Waals surface area contributed by atoms with E-state index in [2.05, 4.69) is 9.97 Å². The normalized spacial score (nSPS) is 19.3. The number of nitrogens with zero attached hydrogens (tertiary/aromatic N) is 4. The number of aromatic nitrogens is 3. The van der Waals surface area contributed by atoms with Crippen molar-refractivity contribution in [2.24, 2.45) is 0 Å². The van der Waals surface area contributed by atoms with Crippen LogP contribution in [0.15, 0.2) is 53.7 Å². The molecular formula is C18H20N4O2S. The second kappa shape index (κ2) is 6.24. The summed E-state index contributed by atoms with van der Waals surface area (Å²) in [5, 5.41) is 0. The number of aryl methyl sites for hydroxylation is 1. The van der Waals surface area contributed by atoms with Gasteiger partial charge in [-0.25, -0.2) is 18.4 Å². The lowest BCUT2D eigenvalue weighted by atomic mass is 10.0. The molecule has 7 heteroatoms. The van der Waals surface area contributed by atoms with Gasteiger partial charge in [-0.3, -0.25) is 4.40 Å². The van der Waals surface area contributed by atoms with Gasteiger partial charge in [-0.2, -0.15) is 4.31 Å². The highest BCUT2D eigenvalue weighted by Gasteiger charge is 2.35. The molecule has 2 aromatic heterocycles. The van der Waals surface area contributed by atoms with Crippen molar-refractivity contribution in [1.82, 2.24) is 18.7 Å². The first-order valence-corrected chi connectivity index (χ1v) is 9.89. The third kappa shape index (κ3) is 2.83. The highest BCUT2D eigenvalue weighted by molar-refractivity contribution is 7.89. The Morgan fingerprint density at radius 3 is 2.76 bits per heavy atom. The van der Waals surface area contributed by atoms with Gasteiger partial charge in [-0.05, 0) is 38.0 Å². The summed E-state index contributed by atoms with van der Waals surface area (Å²) in [6.07, 6.45) is 6.20. The van der Waals surface area contributed by atoms with Crippen LogP contribution in [0.25, 0.3) is 5.78 Å². The molecule has 3 aromatic rings. The molecule has 3 heterocycles. The predicted molar refractivity (Wildman–Crippen MR) is 94.6 cm³/mol. The van der Waals surface area contributed by atoms with Crippen LogP contribution in [0.5, 0.6) is 0 Å². The number of rotatable bonds is 3. The fourth-order valence-corrected chi connectivity index (χ4v) is 5.16. The molecule has 1 fully saturated rings. The Bertz CT molecular complexity index is 998. The highest BCUT2D eigenvalue weighted by atomic mass is 32.2. The second-order valence-electron chi connectivity index (χ2n) is 6.36. The van der Waals surface area contributed by atoms with Crippen LogP contribution in [-0.2, 0) is 10.0 Å². The highest BCUT2D eigenvalue weighted by Crippen LogP contribution is 2.35. The first-order chi connectivity index (χ1) is 12.1. The molecule has 25 heavy (non-hydrogen) atoms. The minimum Gasteiger partial charge on any atom is -0.288 e. The van der Waals surface area contributed by atoms with Crippen LogP contribution in [0.4, 0.5) is 0 Å². The number of hydrogen-bond acceptors (Lipinski definition) is 4. The number of imidazole rings is 1. The van der Waals surface area contributed by atoms with Gasteiger partial charge in [0.25, 0.3) is 0 Å². The molecule has 0 unspecified atom stereocenters. The van der Waals surface area contributed by atoms with Gasteiger partial charge in [-0.15, -0.1) is 0 Å². The van der Waals surface area contributed by atoms with Crippen LogP contribution >= 0.6 is 0 Å². The van der Waals surface area contributed by atoms with Crippen molar-refractivity contribution in [1.29, 1.82) is 0 Å². The van der Waals surface area contributed by atoms with E-state index in [1.165, 1.54) is 0 Å². The molecular weight excluding hydrogens is 336 g/mol. The molecule has 1 saturated heterocycles. The monoisotopic (exact) mass is 356 g/mol. The van der Waals surface area contributed by atoms with E-state index in [0.29, 0.717) is 17.2 Å². The SMILES string of the molecule is Cc1cc([C@H]2CCCCN2S(=O)(=O)c2ccccc2)nc2nccn12. The smallest absolute Gasteiger partial charge is 0.243 e. The lowest BCUT2D eigenvalue weighted by Crippen LogP contribution is -2.39. The fourth-order valence-electron chi connectivity index (χ4n) is 3.47. The summed E-state index contributed by atoms with van der Waals surface area (Å²) >= 11 is 0. The summed E-state index contributed by atoms with van der Waals surface area (Å²) < 4.78 is 29.8. The Labute approximate surface area is 147 Å². The number of hydrogen-bond donors (Lipinski definition) is 0. The number of benzene rings is 1. The van der Waals surface area contributed by atoms with Gasteiger partial charge < -0.3 is 0 Å². The molecule has 1 aromatic carbocycles. The molecule has 130 valence electrons. The van der Waals surface area contributed by atoms with Crippen LogP contribution < -0.4 is 0 Å². The van der Waals surface area contributed by atoms with Crippen LogP contribution in [0.3, 0.4) is 0 Å². The van der Waals surface area contributed by atoms with Gasteiger partial charge >= 0.3 is 0 Å². The molecule has 6 nitrogen and oxygen atoms in total. The van der Waals surface area contributed by atoms with E-state index in [1.807, 2.05) is 29.7 Å². The molecule has 0 aliphatic carbocycles. The molecule has 0 N–H and O–H groups in total.